The maximum Gasteiger partial charge on any atom is 0.269 e. The van der Waals surface area contributed by atoms with Crippen molar-refractivity contribution in [2.24, 2.45) is 5.92 Å². The fraction of sp³-hybridized carbons (Fsp3) is 0.360. The highest BCUT2D eigenvalue weighted by Gasteiger charge is 2.23. The van der Waals surface area contributed by atoms with Crippen molar-refractivity contribution in [2.75, 3.05) is 20.1 Å². The quantitative estimate of drug-likeness (QED) is 0.477. The molecule has 0 spiro atoms. The van der Waals surface area contributed by atoms with Crippen LogP contribution in [0.4, 0.5) is 0 Å². The highest BCUT2D eigenvalue weighted by molar-refractivity contribution is 5.94. The highest BCUT2D eigenvalue weighted by atomic mass is 16.1. The molecule has 2 N–H and O–H groups in total. The Bertz CT molecular complexity index is 1390. The Morgan fingerprint density at radius 2 is 2.12 bits per heavy atom. The fourth-order valence-corrected chi connectivity index (χ4v) is 4.75. The molecule has 0 bridgehead atoms. The molecule has 0 radical (unpaired) electrons. The van der Waals surface area contributed by atoms with Crippen LogP contribution in [0.25, 0.3) is 22.1 Å². The summed E-state index contributed by atoms with van der Waals surface area (Å²) in [6.45, 7) is 5.76. The summed E-state index contributed by atoms with van der Waals surface area (Å²) < 4.78 is 2.23. The molecule has 1 aliphatic heterocycles. The fourth-order valence-electron chi connectivity index (χ4n) is 4.75. The SMILES string of the molecule is CCc1cc2ncc(CN3CC[C@@H](Cn4ccc5nc(C(=O)NC)ccc54)C3)cc2[nH]c1=O. The van der Waals surface area contributed by atoms with Gasteiger partial charge in [-0.2, -0.15) is 0 Å². The first-order chi connectivity index (χ1) is 16.0. The van der Waals surface area contributed by atoms with Crippen molar-refractivity contribution in [3.8, 4) is 0 Å². The van der Waals surface area contributed by atoms with Gasteiger partial charge >= 0.3 is 0 Å². The Labute approximate surface area is 191 Å². The van der Waals surface area contributed by atoms with Crippen LogP contribution in [0, 0.1) is 5.92 Å². The van der Waals surface area contributed by atoms with Crippen molar-refractivity contribution in [1.29, 1.82) is 0 Å². The largest absolute Gasteiger partial charge is 0.354 e. The molecule has 8 heteroatoms. The van der Waals surface area contributed by atoms with Gasteiger partial charge in [0.05, 0.1) is 22.1 Å². The normalized spacial score (nSPS) is 16.6. The lowest BCUT2D eigenvalue weighted by atomic mass is 10.1. The van der Waals surface area contributed by atoms with Crippen molar-refractivity contribution in [1.82, 2.24) is 29.7 Å². The van der Waals surface area contributed by atoms with Gasteiger partial charge in [-0.3, -0.25) is 19.5 Å². The number of carbonyl (C=O) groups is 1. The second-order valence-electron chi connectivity index (χ2n) is 8.79. The zero-order chi connectivity index (χ0) is 22.9. The van der Waals surface area contributed by atoms with Crippen LogP contribution in [-0.2, 0) is 19.5 Å². The van der Waals surface area contributed by atoms with Crippen LogP contribution in [-0.4, -0.2) is 50.5 Å². The van der Waals surface area contributed by atoms with Gasteiger partial charge in [0.1, 0.15) is 5.69 Å². The summed E-state index contributed by atoms with van der Waals surface area (Å²) in [5.41, 5.74) is 5.81. The second-order valence-corrected chi connectivity index (χ2v) is 8.79. The number of nitrogens with one attached hydrogen (secondary N) is 2. The second kappa shape index (κ2) is 8.78. The molecule has 0 saturated carbocycles. The summed E-state index contributed by atoms with van der Waals surface area (Å²) in [5, 5.41) is 2.62. The van der Waals surface area contributed by atoms with E-state index in [0.29, 0.717) is 18.0 Å². The minimum Gasteiger partial charge on any atom is -0.354 e. The van der Waals surface area contributed by atoms with Crippen LogP contribution in [0.15, 0.2) is 47.5 Å². The van der Waals surface area contributed by atoms with Crippen LogP contribution in [0.3, 0.4) is 0 Å². The lowest BCUT2D eigenvalue weighted by Crippen LogP contribution is -2.21. The van der Waals surface area contributed by atoms with Gasteiger partial charge in [-0.05, 0) is 61.2 Å². The Morgan fingerprint density at radius 3 is 2.94 bits per heavy atom. The number of amides is 1. The zero-order valence-corrected chi connectivity index (χ0v) is 19.0. The maximum atomic E-state index is 12.2. The van der Waals surface area contributed by atoms with Crippen LogP contribution in [0.1, 0.15) is 35.0 Å². The smallest absolute Gasteiger partial charge is 0.269 e. The number of fused-ring (bicyclic) bond motifs is 2. The molecule has 0 aromatic carbocycles. The number of likely N-dealkylation sites (tertiary alicyclic amines) is 1. The molecule has 33 heavy (non-hydrogen) atoms. The van der Waals surface area contributed by atoms with E-state index in [1.54, 1.807) is 13.1 Å². The van der Waals surface area contributed by atoms with Gasteiger partial charge in [0.25, 0.3) is 11.5 Å². The number of nitrogens with zero attached hydrogens (tertiary/aromatic N) is 4. The van der Waals surface area contributed by atoms with E-state index < -0.39 is 0 Å². The van der Waals surface area contributed by atoms with Gasteiger partial charge in [0.15, 0.2) is 0 Å². The van der Waals surface area contributed by atoms with E-state index in [0.717, 1.165) is 65.8 Å². The summed E-state index contributed by atoms with van der Waals surface area (Å²) >= 11 is 0. The number of aryl methyl sites for hydroxylation is 1. The molecule has 170 valence electrons. The molecule has 1 aliphatic rings. The van der Waals surface area contributed by atoms with Crippen molar-refractivity contribution >= 4 is 28.0 Å². The Morgan fingerprint density at radius 1 is 1.24 bits per heavy atom. The third-order valence-corrected chi connectivity index (χ3v) is 6.52. The van der Waals surface area contributed by atoms with Gasteiger partial charge in [-0.1, -0.05) is 6.92 Å². The third-order valence-electron chi connectivity index (χ3n) is 6.52. The molecular formula is C25H28N6O2. The predicted molar refractivity (Wildman–Crippen MR) is 128 cm³/mol. The van der Waals surface area contributed by atoms with Gasteiger partial charge in [0, 0.05) is 44.6 Å². The number of hydrogen-bond acceptors (Lipinski definition) is 5. The molecule has 1 saturated heterocycles. The average Bonchev–Trinajstić information content (AvgIpc) is 3.44. The van der Waals surface area contributed by atoms with E-state index in [-0.39, 0.29) is 11.5 Å². The standard InChI is InChI=1S/C25H28N6O2/c1-3-18-11-21-22(29-24(18)32)10-17(12-27-21)14-30-8-6-16(13-30)15-31-9-7-19-23(31)5-4-20(28-19)25(33)26-2/h4-5,7,9-12,16H,3,6,8,13-15H2,1-2H3,(H,26,33)(H,29,32)/t16-/m1/s1. The van der Waals surface area contributed by atoms with Crippen LogP contribution in [0.2, 0.25) is 0 Å². The van der Waals surface area contributed by atoms with Crippen LogP contribution < -0.4 is 10.9 Å². The Kier molecular flexibility index (Phi) is 5.68. The number of aromatic amines is 1. The lowest BCUT2D eigenvalue weighted by Gasteiger charge is -2.17. The van der Waals surface area contributed by atoms with Crippen molar-refractivity contribution in [3.63, 3.8) is 0 Å². The molecule has 5 rings (SSSR count). The van der Waals surface area contributed by atoms with Crippen LogP contribution >= 0.6 is 0 Å². The summed E-state index contributed by atoms with van der Waals surface area (Å²) in [4.78, 5) is 38.5. The topological polar surface area (TPSA) is 95.9 Å². The minimum atomic E-state index is -0.172. The van der Waals surface area contributed by atoms with E-state index in [4.69, 9.17) is 0 Å². The number of pyridine rings is 3. The predicted octanol–water partition coefficient (Wildman–Crippen LogP) is 2.72. The first-order valence-electron chi connectivity index (χ1n) is 11.4. The first-order valence-corrected chi connectivity index (χ1v) is 11.4. The van der Waals surface area contributed by atoms with Gasteiger partial charge in [-0.15, -0.1) is 0 Å². The van der Waals surface area contributed by atoms with Crippen molar-refractivity contribution < 1.29 is 4.79 Å². The molecule has 4 aromatic heterocycles. The van der Waals surface area contributed by atoms with Gasteiger partial charge < -0.3 is 14.9 Å². The van der Waals surface area contributed by atoms with Crippen molar-refractivity contribution in [2.45, 2.75) is 32.9 Å². The number of hydrogen-bond donors (Lipinski definition) is 2. The van der Waals surface area contributed by atoms with Crippen molar-refractivity contribution in [3.05, 3.63) is 69.9 Å². The summed E-state index contributed by atoms with van der Waals surface area (Å²) in [7, 11) is 1.61. The van der Waals surface area contributed by atoms with E-state index in [1.165, 1.54) is 0 Å². The summed E-state index contributed by atoms with van der Waals surface area (Å²) in [5.74, 6) is 0.369. The molecule has 4 aromatic rings. The average molecular weight is 445 g/mol. The molecule has 0 unspecified atom stereocenters. The molecule has 0 aliphatic carbocycles. The number of carbonyl (C=O) groups excluding carboxylic acids is 1. The van der Waals surface area contributed by atoms with E-state index >= 15 is 0 Å². The van der Waals surface area contributed by atoms with Crippen LogP contribution in [0.5, 0.6) is 0 Å². The maximum absolute atomic E-state index is 12.2. The van der Waals surface area contributed by atoms with Gasteiger partial charge in [-0.25, -0.2) is 4.98 Å². The molecule has 1 fully saturated rings. The molecular weight excluding hydrogens is 416 g/mol. The Hall–Kier alpha value is -3.52. The number of aromatic nitrogens is 4. The number of rotatable bonds is 6. The number of H-pyrrole nitrogens is 1. The molecule has 5 heterocycles. The molecule has 8 nitrogen and oxygen atoms in total. The minimum absolute atomic E-state index is 0.0268. The van der Waals surface area contributed by atoms with Gasteiger partial charge in [0.2, 0.25) is 0 Å². The van der Waals surface area contributed by atoms with E-state index in [1.807, 2.05) is 37.4 Å². The Balaban J connectivity index is 1.25. The van der Waals surface area contributed by atoms with E-state index in [9.17, 15) is 9.59 Å². The van der Waals surface area contributed by atoms with E-state index in [2.05, 4.69) is 35.9 Å². The monoisotopic (exact) mass is 444 g/mol. The first kappa shape index (κ1) is 21.3. The zero-order valence-electron chi connectivity index (χ0n) is 19.0. The lowest BCUT2D eigenvalue weighted by molar-refractivity contribution is 0.0958. The summed E-state index contributed by atoms with van der Waals surface area (Å²) in [6.07, 6.45) is 5.80. The summed E-state index contributed by atoms with van der Waals surface area (Å²) in [6, 6.07) is 9.66. The molecule has 1 amide bonds. The molecule has 1 atom stereocenters. The third kappa shape index (κ3) is 4.26. The highest BCUT2D eigenvalue weighted by Crippen LogP contribution is 2.23.